The van der Waals surface area contributed by atoms with E-state index in [1.165, 1.54) is 30.6 Å². The molecule has 0 radical (unpaired) electrons. The maximum Gasteiger partial charge on any atom is 0.335 e. The molecule has 0 fully saturated rings. The Labute approximate surface area is 232 Å². The Bertz CT molecular complexity index is 1440. The summed E-state index contributed by atoms with van der Waals surface area (Å²) in [4.78, 5) is 38.6. The van der Waals surface area contributed by atoms with Crippen LogP contribution in [0.25, 0.3) is 11.3 Å². The lowest BCUT2D eigenvalue weighted by molar-refractivity contribution is -0.385. The Hall–Kier alpha value is -3.61. The van der Waals surface area contributed by atoms with Gasteiger partial charge in [0.25, 0.3) is 5.91 Å². The van der Waals surface area contributed by atoms with Gasteiger partial charge in [-0.05, 0) is 67.6 Å². The molecule has 0 saturated heterocycles. The third-order valence-corrected chi connectivity index (χ3v) is 6.81. The predicted octanol–water partition coefficient (Wildman–Crippen LogP) is 7.20. The van der Waals surface area contributed by atoms with Gasteiger partial charge in [-0.15, -0.1) is 11.3 Å². The molecule has 190 valence electrons. The molecule has 12 heteroatoms. The first-order valence-electron chi connectivity index (χ1n) is 10.4. The Morgan fingerprint density at radius 2 is 1.57 bits per heavy atom. The molecule has 1 amide bonds. The van der Waals surface area contributed by atoms with Crippen molar-refractivity contribution in [1.29, 1.82) is 0 Å². The van der Waals surface area contributed by atoms with E-state index in [0.717, 1.165) is 13.8 Å². The summed E-state index contributed by atoms with van der Waals surface area (Å²) >= 11 is 7.84. The standard InChI is InChI=1S/C18H14BrN3O4S.C7H5BrO2/c1-10-16(12-5-8-15(26-2)14(9-12)22(24)25)20-18(27-10)21-17(23)11-3-6-13(19)7-4-11;8-6-3-1-5(2-4-6)7(9)10/h3-9H,1-2H3,(H,20,21,23);1-4H,(H,9,10). The van der Waals surface area contributed by atoms with Crippen molar-refractivity contribution in [2.75, 3.05) is 12.4 Å². The Kier molecular flexibility index (Phi) is 9.50. The van der Waals surface area contributed by atoms with Crippen molar-refractivity contribution >= 4 is 65.9 Å². The van der Waals surface area contributed by atoms with E-state index in [1.807, 2.05) is 6.92 Å². The van der Waals surface area contributed by atoms with Crippen LogP contribution in [0, 0.1) is 17.0 Å². The fourth-order valence-corrected chi connectivity index (χ4v) is 4.42. The third-order valence-electron chi connectivity index (χ3n) is 4.86. The monoisotopic (exact) mass is 647 g/mol. The number of nitro benzene ring substituents is 1. The fraction of sp³-hybridized carbons (Fsp3) is 0.0800. The first-order valence-corrected chi connectivity index (χ1v) is 12.8. The number of nitrogens with zero attached hydrogens (tertiary/aromatic N) is 2. The van der Waals surface area contributed by atoms with Crippen molar-refractivity contribution in [1.82, 2.24) is 4.98 Å². The summed E-state index contributed by atoms with van der Waals surface area (Å²) in [5, 5.41) is 22.9. The maximum atomic E-state index is 12.3. The summed E-state index contributed by atoms with van der Waals surface area (Å²) in [6.07, 6.45) is 0. The number of amides is 1. The van der Waals surface area contributed by atoms with Crippen molar-refractivity contribution in [2.45, 2.75) is 6.92 Å². The van der Waals surface area contributed by atoms with E-state index >= 15 is 0 Å². The molecule has 0 aliphatic carbocycles. The van der Waals surface area contributed by atoms with Crippen LogP contribution < -0.4 is 10.1 Å². The molecule has 0 spiro atoms. The summed E-state index contributed by atoms with van der Waals surface area (Å²) in [6.45, 7) is 1.85. The van der Waals surface area contributed by atoms with Gasteiger partial charge in [0.2, 0.25) is 0 Å². The molecule has 9 nitrogen and oxygen atoms in total. The van der Waals surface area contributed by atoms with Crippen molar-refractivity contribution in [3.63, 3.8) is 0 Å². The number of rotatable bonds is 6. The van der Waals surface area contributed by atoms with Crippen LogP contribution in [0.15, 0.2) is 75.7 Å². The second-order valence-electron chi connectivity index (χ2n) is 7.34. The molecular formula is C25H19Br2N3O6S. The normalized spacial score (nSPS) is 10.2. The zero-order valence-electron chi connectivity index (χ0n) is 19.4. The highest BCUT2D eigenvalue weighted by atomic mass is 79.9. The van der Waals surface area contributed by atoms with Crippen LogP contribution in [0.3, 0.4) is 0 Å². The van der Waals surface area contributed by atoms with Crippen LogP contribution in [0.4, 0.5) is 10.8 Å². The summed E-state index contributed by atoms with van der Waals surface area (Å²) < 4.78 is 6.79. The molecule has 0 aliphatic rings. The average Bonchev–Trinajstić information content (AvgIpc) is 3.24. The van der Waals surface area contributed by atoms with Crippen molar-refractivity contribution in [2.24, 2.45) is 0 Å². The average molecular weight is 649 g/mol. The summed E-state index contributed by atoms with van der Waals surface area (Å²) in [6, 6.07) is 18.1. The number of anilines is 1. The van der Waals surface area contributed by atoms with Gasteiger partial charge in [-0.2, -0.15) is 0 Å². The topological polar surface area (TPSA) is 132 Å². The minimum absolute atomic E-state index is 0.136. The van der Waals surface area contributed by atoms with Gasteiger partial charge in [0, 0.05) is 31.0 Å². The number of carbonyl (C=O) groups is 2. The summed E-state index contributed by atoms with van der Waals surface area (Å²) in [7, 11) is 1.38. The van der Waals surface area contributed by atoms with E-state index in [9.17, 15) is 19.7 Å². The van der Waals surface area contributed by atoms with Crippen LogP contribution in [-0.2, 0) is 0 Å². The highest BCUT2D eigenvalue weighted by molar-refractivity contribution is 9.10. The van der Waals surface area contributed by atoms with Gasteiger partial charge < -0.3 is 9.84 Å². The lowest BCUT2D eigenvalue weighted by Gasteiger charge is -2.04. The van der Waals surface area contributed by atoms with Crippen LogP contribution in [0.1, 0.15) is 25.6 Å². The Morgan fingerprint density at radius 1 is 1.00 bits per heavy atom. The number of carboxylic acid groups (broad SMARTS) is 1. The van der Waals surface area contributed by atoms with Gasteiger partial charge >= 0.3 is 11.7 Å². The number of hydrogen-bond donors (Lipinski definition) is 2. The molecule has 3 aromatic carbocycles. The van der Waals surface area contributed by atoms with E-state index in [4.69, 9.17) is 9.84 Å². The molecule has 0 atom stereocenters. The van der Waals surface area contributed by atoms with Crippen LogP contribution >= 0.6 is 43.2 Å². The second-order valence-corrected chi connectivity index (χ2v) is 10.4. The van der Waals surface area contributed by atoms with Crippen LogP contribution in [0.5, 0.6) is 5.75 Å². The van der Waals surface area contributed by atoms with Crippen LogP contribution in [0.2, 0.25) is 0 Å². The molecule has 0 bridgehead atoms. The van der Waals surface area contributed by atoms with Crippen molar-refractivity contribution < 1.29 is 24.4 Å². The molecule has 0 unspecified atom stereocenters. The molecule has 2 N–H and O–H groups in total. The minimum Gasteiger partial charge on any atom is -0.490 e. The quantitative estimate of drug-likeness (QED) is 0.167. The Balaban J connectivity index is 0.000000319. The summed E-state index contributed by atoms with van der Waals surface area (Å²) in [5.41, 5.74) is 1.84. The fourth-order valence-electron chi connectivity index (χ4n) is 3.06. The van der Waals surface area contributed by atoms with Gasteiger partial charge in [0.15, 0.2) is 10.9 Å². The van der Waals surface area contributed by atoms with Crippen molar-refractivity contribution in [3.05, 3.63) is 102 Å². The van der Waals surface area contributed by atoms with E-state index in [2.05, 4.69) is 42.2 Å². The first-order chi connectivity index (χ1) is 17.6. The lowest BCUT2D eigenvalue weighted by Crippen LogP contribution is -2.11. The molecule has 1 heterocycles. The molecule has 0 saturated carbocycles. The largest absolute Gasteiger partial charge is 0.490 e. The van der Waals surface area contributed by atoms with Gasteiger partial charge in [-0.25, -0.2) is 9.78 Å². The number of aryl methyl sites for hydroxylation is 1. The highest BCUT2D eigenvalue weighted by Gasteiger charge is 2.19. The lowest BCUT2D eigenvalue weighted by atomic mass is 10.1. The SMILES string of the molecule is COc1ccc(-c2nc(NC(=O)c3ccc(Br)cc3)sc2C)cc1[N+](=O)[O-].O=C(O)c1ccc(Br)cc1. The smallest absolute Gasteiger partial charge is 0.335 e. The number of hydrogen-bond acceptors (Lipinski definition) is 7. The molecule has 37 heavy (non-hydrogen) atoms. The van der Waals surface area contributed by atoms with Crippen molar-refractivity contribution in [3.8, 4) is 17.0 Å². The number of ether oxygens (including phenoxy) is 1. The zero-order chi connectivity index (χ0) is 27.1. The maximum absolute atomic E-state index is 12.3. The number of benzene rings is 3. The van der Waals surface area contributed by atoms with E-state index < -0.39 is 10.9 Å². The number of halogens is 2. The molecule has 4 aromatic rings. The van der Waals surface area contributed by atoms with E-state index in [1.54, 1.807) is 54.6 Å². The molecule has 4 rings (SSSR count). The predicted molar refractivity (Wildman–Crippen MR) is 149 cm³/mol. The van der Waals surface area contributed by atoms with Gasteiger partial charge in [0.1, 0.15) is 0 Å². The minimum atomic E-state index is -0.896. The highest BCUT2D eigenvalue weighted by Crippen LogP contribution is 2.36. The Morgan fingerprint density at radius 3 is 2.08 bits per heavy atom. The number of aromatic carboxylic acids is 1. The number of carboxylic acids is 1. The molecule has 1 aromatic heterocycles. The number of thiazole rings is 1. The van der Waals surface area contributed by atoms with Crippen LogP contribution in [-0.4, -0.2) is 34.0 Å². The van der Waals surface area contributed by atoms with Gasteiger partial charge in [-0.1, -0.05) is 31.9 Å². The van der Waals surface area contributed by atoms with E-state index in [-0.39, 0.29) is 17.3 Å². The zero-order valence-corrected chi connectivity index (χ0v) is 23.4. The van der Waals surface area contributed by atoms with Gasteiger partial charge in [-0.3, -0.25) is 20.2 Å². The van der Waals surface area contributed by atoms with E-state index in [0.29, 0.717) is 27.5 Å². The number of nitro groups is 1. The number of carbonyl (C=O) groups excluding carboxylic acids is 1. The second kappa shape index (κ2) is 12.6. The third kappa shape index (κ3) is 7.44. The van der Waals surface area contributed by atoms with Gasteiger partial charge in [0.05, 0.1) is 23.3 Å². The molecular weight excluding hydrogens is 630 g/mol. The summed E-state index contributed by atoms with van der Waals surface area (Å²) in [5.74, 6) is -0.989. The number of aromatic nitrogens is 1. The number of methoxy groups -OCH3 is 1. The first kappa shape index (κ1) is 28.0. The molecule has 0 aliphatic heterocycles. The number of nitrogens with one attached hydrogen (secondary N) is 1.